The van der Waals surface area contributed by atoms with Crippen molar-refractivity contribution in [2.45, 2.75) is 38.0 Å². The fourth-order valence-electron chi connectivity index (χ4n) is 5.01. The van der Waals surface area contributed by atoms with Crippen LogP contribution in [0.25, 0.3) is 17.1 Å². The van der Waals surface area contributed by atoms with Crippen molar-refractivity contribution in [2.75, 3.05) is 49.2 Å². The van der Waals surface area contributed by atoms with Gasteiger partial charge in [-0.25, -0.2) is 27.7 Å². The molecular formula is C25H30ClF3N8O2S. The lowest BCUT2D eigenvalue weighted by molar-refractivity contribution is -0.137. The van der Waals surface area contributed by atoms with Crippen LogP contribution in [0, 0.1) is 0 Å². The summed E-state index contributed by atoms with van der Waals surface area (Å²) < 4.78 is 68.2. The number of alkyl halides is 3. The molecule has 0 radical (unpaired) electrons. The third-order valence-electron chi connectivity index (χ3n) is 7.12. The van der Waals surface area contributed by atoms with Gasteiger partial charge in [-0.05, 0) is 38.0 Å². The molecule has 4 heterocycles. The zero-order valence-corrected chi connectivity index (χ0v) is 23.6. The Bertz CT molecular complexity index is 1470. The highest BCUT2D eigenvalue weighted by molar-refractivity contribution is 7.88. The summed E-state index contributed by atoms with van der Waals surface area (Å²) in [6.45, 7) is 5.27. The molecule has 2 saturated heterocycles. The van der Waals surface area contributed by atoms with Crippen molar-refractivity contribution in [3.8, 4) is 17.1 Å². The monoisotopic (exact) mass is 598 g/mol. The van der Waals surface area contributed by atoms with Crippen LogP contribution >= 0.6 is 11.6 Å². The summed E-state index contributed by atoms with van der Waals surface area (Å²) in [4.78, 5) is 14.5. The number of benzene rings is 1. The number of piperidine rings is 1. The molecule has 2 aliphatic heterocycles. The van der Waals surface area contributed by atoms with E-state index in [-0.39, 0.29) is 23.4 Å². The molecule has 10 nitrogen and oxygen atoms in total. The lowest BCUT2D eigenvalue weighted by Crippen LogP contribution is -2.49. The number of piperazine rings is 1. The van der Waals surface area contributed by atoms with Crippen molar-refractivity contribution in [1.82, 2.24) is 29.1 Å². The summed E-state index contributed by atoms with van der Waals surface area (Å²) in [7, 11) is -3.30. The van der Waals surface area contributed by atoms with Gasteiger partial charge in [0.2, 0.25) is 16.0 Å². The van der Waals surface area contributed by atoms with E-state index in [2.05, 4.69) is 37.4 Å². The van der Waals surface area contributed by atoms with E-state index in [0.717, 1.165) is 37.8 Å². The summed E-state index contributed by atoms with van der Waals surface area (Å²) in [6.07, 6.45) is 1.01. The molecule has 2 fully saturated rings. The largest absolute Gasteiger partial charge is 0.420 e. The highest BCUT2D eigenvalue weighted by Gasteiger charge is 2.36. The number of hydrogen-bond acceptors (Lipinski definition) is 8. The second kappa shape index (κ2) is 11.1. The van der Waals surface area contributed by atoms with E-state index < -0.39 is 21.8 Å². The maximum Gasteiger partial charge on any atom is 0.420 e. The number of nitrogens with one attached hydrogen (secondary N) is 2. The number of imidazole rings is 1. The molecule has 5 rings (SSSR count). The first-order valence-corrected chi connectivity index (χ1v) is 15.1. The van der Waals surface area contributed by atoms with Crippen molar-refractivity contribution in [3.05, 3.63) is 47.5 Å². The molecule has 1 aromatic carbocycles. The van der Waals surface area contributed by atoms with Crippen molar-refractivity contribution in [3.63, 3.8) is 0 Å². The summed E-state index contributed by atoms with van der Waals surface area (Å²) in [5.74, 6) is 0.0167. The van der Waals surface area contributed by atoms with Gasteiger partial charge in [0.1, 0.15) is 23.3 Å². The molecule has 0 aliphatic carbocycles. The maximum atomic E-state index is 13.9. The van der Waals surface area contributed by atoms with Crippen molar-refractivity contribution >= 4 is 33.3 Å². The molecule has 216 valence electrons. The Morgan fingerprint density at radius 2 is 1.90 bits per heavy atom. The van der Waals surface area contributed by atoms with Gasteiger partial charge < -0.3 is 20.1 Å². The molecule has 1 atom stereocenters. The van der Waals surface area contributed by atoms with Gasteiger partial charge in [-0.3, -0.25) is 0 Å². The summed E-state index contributed by atoms with van der Waals surface area (Å²) in [6, 6.07) is 5.75. The average Bonchev–Trinajstić information content (AvgIpc) is 3.38. The number of halogens is 4. The van der Waals surface area contributed by atoms with Crippen LogP contribution in [0.3, 0.4) is 0 Å². The van der Waals surface area contributed by atoms with Gasteiger partial charge in [0.05, 0.1) is 17.0 Å². The van der Waals surface area contributed by atoms with Gasteiger partial charge in [-0.15, -0.1) is 0 Å². The van der Waals surface area contributed by atoms with Gasteiger partial charge in [-0.1, -0.05) is 11.6 Å². The first-order valence-electron chi connectivity index (χ1n) is 12.9. The van der Waals surface area contributed by atoms with Crippen molar-refractivity contribution < 1.29 is 21.6 Å². The van der Waals surface area contributed by atoms with Gasteiger partial charge in [-0.2, -0.15) is 13.2 Å². The van der Waals surface area contributed by atoms with Gasteiger partial charge in [0, 0.05) is 62.9 Å². The Kier molecular flexibility index (Phi) is 7.97. The second-order valence-electron chi connectivity index (χ2n) is 10.1. The lowest BCUT2D eigenvalue weighted by Gasteiger charge is -2.33. The molecule has 2 aliphatic rings. The van der Waals surface area contributed by atoms with E-state index >= 15 is 0 Å². The maximum absolute atomic E-state index is 13.9. The minimum atomic E-state index is -4.70. The Labute approximate surface area is 235 Å². The molecule has 1 unspecified atom stereocenters. The second-order valence-corrected chi connectivity index (χ2v) is 12.5. The Hall–Kier alpha value is -2.94. The third-order valence-corrected chi connectivity index (χ3v) is 8.72. The normalized spacial score (nSPS) is 19.6. The molecule has 2 N–H and O–H groups in total. The smallest absolute Gasteiger partial charge is 0.369 e. The van der Waals surface area contributed by atoms with E-state index in [1.165, 1.54) is 16.8 Å². The number of aromatic nitrogens is 4. The number of rotatable bonds is 6. The van der Waals surface area contributed by atoms with Crippen LogP contribution in [-0.2, 0) is 16.2 Å². The van der Waals surface area contributed by atoms with E-state index in [0.29, 0.717) is 42.7 Å². The Morgan fingerprint density at radius 1 is 1.15 bits per heavy atom. The van der Waals surface area contributed by atoms with Crippen molar-refractivity contribution in [2.24, 2.45) is 0 Å². The van der Waals surface area contributed by atoms with E-state index in [9.17, 15) is 21.6 Å². The van der Waals surface area contributed by atoms with Crippen molar-refractivity contribution in [1.29, 1.82) is 0 Å². The molecule has 40 heavy (non-hydrogen) atoms. The topological polar surface area (TPSA) is 108 Å². The highest BCUT2D eigenvalue weighted by Crippen LogP contribution is 2.36. The molecule has 0 spiro atoms. The number of hydrogen-bond donors (Lipinski definition) is 2. The quantitative estimate of drug-likeness (QED) is 0.443. The minimum absolute atomic E-state index is 0.0146. The lowest BCUT2D eigenvalue weighted by atomic mass is 10.1. The molecular weight excluding hydrogens is 569 g/mol. The molecule has 0 saturated carbocycles. The summed E-state index contributed by atoms with van der Waals surface area (Å²) >= 11 is 6.60. The van der Waals surface area contributed by atoms with E-state index in [1.54, 1.807) is 4.57 Å². The number of nitrogens with zero attached hydrogens (tertiary/aromatic N) is 6. The summed E-state index contributed by atoms with van der Waals surface area (Å²) in [5.41, 5.74) is 0.187. The zero-order chi connectivity index (χ0) is 28.7. The van der Waals surface area contributed by atoms with E-state index in [1.807, 2.05) is 18.2 Å². The highest BCUT2D eigenvalue weighted by atomic mass is 35.5. The Balaban J connectivity index is 1.38. The molecule has 2 aromatic heterocycles. The third kappa shape index (κ3) is 6.35. The number of anilines is 2. The van der Waals surface area contributed by atoms with Gasteiger partial charge >= 0.3 is 6.18 Å². The van der Waals surface area contributed by atoms with Crippen LogP contribution in [-0.4, -0.2) is 83.3 Å². The zero-order valence-electron chi connectivity index (χ0n) is 22.0. The van der Waals surface area contributed by atoms with E-state index in [4.69, 9.17) is 11.6 Å². The van der Waals surface area contributed by atoms with Gasteiger partial charge in [0.25, 0.3) is 0 Å². The predicted octanol–water partition coefficient (Wildman–Crippen LogP) is 3.64. The van der Waals surface area contributed by atoms with Crippen LogP contribution in [0.5, 0.6) is 0 Å². The van der Waals surface area contributed by atoms with Crippen LogP contribution in [0.4, 0.5) is 24.8 Å². The first-order chi connectivity index (χ1) is 18.9. The molecule has 15 heteroatoms. The van der Waals surface area contributed by atoms with Crippen LogP contribution < -0.4 is 15.5 Å². The first kappa shape index (κ1) is 28.6. The molecule has 0 amide bonds. The van der Waals surface area contributed by atoms with Crippen LogP contribution in [0.1, 0.15) is 25.3 Å². The predicted molar refractivity (Wildman–Crippen MR) is 147 cm³/mol. The number of sulfonamides is 1. The fraction of sp³-hybridized carbons (Fsp3) is 0.480. The fourth-order valence-corrected chi connectivity index (χ4v) is 6.16. The minimum Gasteiger partial charge on any atom is -0.369 e. The van der Waals surface area contributed by atoms with Gasteiger partial charge in [0.15, 0.2) is 0 Å². The SMILES string of the molecule is CC1CN(c2ccc(-n3cnc(-c4nc(NC5CCN(S(C)(=O)=O)CC5)ncc4C(F)(F)F)c3)c(Cl)c2)CCN1. The Morgan fingerprint density at radius 3 is 2.55 bits per heavy atom. The van der Waals surface area contributed by atoms with Crippen LogP contribution in [0.15, 0.2) is 36.9 Å². The summed E-state index contributed by atoms with van der Waals surface area (Å²) in [5, 5.41) is 6.89. The average molecular weight is 599 g/mol. The standard InChI is InChI=1S/C25H30ClF3N8O2S/c1-16-13-35(10-7-30-16)18-3-4-22(20(26)11-18)36-14-21(32-15-36)23-19(25(27,28)29)12-31-24(34-23)33-17-5-8-37(9-6-17)40(2,38)39/h3-4,11-12,14-17,30H,5-10,13H2,1-2H3,(H,31,33,34). The molecule has 3 aromatic rings. The van der Waals surface area contributed by atoms with Crippen LogP contribution in [0.2, 0.25) is 5.02 Å². The molecule has 0 bridgehead atoms.